The van der Waals surface area contributed by atoms with Crippen molar-refractivity contribution in [2.75, 3.05) is 11.4 Å². The molecule has 20 heavy (non-hydrogen) atoms. The number of aromatic nitrogens is 4. The van der Waals surface area contributed by atoms with Crippen molar-refractivity contribution in [2.24, 2.45) is 0 Å². The van der Waals surface area contributed by atoms with Gasteiger partial charge >= 0.3 is 0 Å². The molecule has 104 valence electrons. The van der Waals surface area contributed by atoms with Gasteiger partial charge in [-0.1, -0.05) is 0 Å². The predicted molar refractivity (Wildman–Crippen MR) is 75.2 cm³/mol. The Bertz CT molecular complexity index is 603. The van der Waals surface area contributed by atoms with E-state index in [2.05, 4.69) is 24.8 Å². The Balaban J connectivity index is 1.49. The summed E-state index contributed by atoms with van der Waals surface area (Å²) in [6, 6.07) is 0.697. The zero-order valence-electron chi connectivity index (χ0n) is 11.4. The maximum Gasteiger partial charge on any atom is 0.147 e. The molecule has 1 N–H and O–H groups in total. The number of nitrogens with one attached hydrogen (secondary N) is 1. The Hall–Kier alpha value is -1.95. The molecule has 0 amide bonds. The van der Waals surface area contributed by atoms with Crippen LogP contribution in [0.3, 0.4) is 0 Å². The van der Waals surface area contributed by atoms with Crippen LogP contribution >= 0.6 is 0 Å². The minimum Gasteiger partial charge on any atom is -0.346 e. The molecular weight excluding hydrogens is 252 g/mol. The first-order chi connectivity index (χ1) is 9.88. The molecule has 0 bridgehead atoms. The summed E-state index contributed by atoms with van der Waals surface area (Å²) in [7, 11) is 0. The summed E-state index contributed by atoms with van der Waals surface area (Å²) in [6.45, 7) is 3.54. The summed E-state index contributed by atoms with van der Waals surface area (Å²) in [4.78, 5) is 15.7. The molecule has 3 heterocycles. The molecule has 0 saturated heterocycles. The van der Waals surface area contributed by atoms with Gasteiger partial charge in [0.25, 0.3) is 0 Å². The fraction of sp³-hybridized carbons (Fsp3) is 0.500. The predicted octanol–water partition coefficient (Wildman–Crippen LogP) is 0.945. The van der Waals surface area contributed by atoms with Gasteiger partial charge in [-0.2, -0.15) is 0 Å². The van der Waals surface area contributed by atoms with Crippen molar-refractivity contribution >= 4 is 5.82 Å². The Labute approximate surface area is 117 Å². The maximum atomic E-state index is 4.72. The van der Waals surface area contributed by atoms with Gasteiger partial charge in [-0.3, -0.25) is 4.98 Å². The molecule has 2 aromatic heterocycles. The topological polar surface area (TPSA) is 58.9 Å². The lowest BCUT2D eigenvalue weighted by molar-refractivity contribution is 0.554. The smallest absolute Gasteiger partial charge is 0.147 e. The number of hydrogen-bond acceptors (Lipinski definition) is 5. The first kappa shape index (κ1) is 11.8. The van der Waals surface area contributed by atoms with E-state index in [1.807, 2.05) is 24.8 Å². The van der Waals surface area contributed by atoms with E-state index in [1.54, 1.807) is 0 Å². The van der Waals surface area contributed by atoms with Crippen molar-refractivity contribution < 1.29 is 0 Å². The van der Waals surface area contributed by atoms with Gasteiger partial charge in [0, 0.05) is 44.3 Å². The van der Waals surface area contributed by atoms with E-state index in [0.717, 1.165) is 43.5 Å². The molecule has 0 aromatic carbocycles. The molecule has 0 atom stereocenters. The van der Waals surface area contributed by atoms with Crippen molar-refractivity contribution in [3.05, 3.63) is 36.3 Å². The van der Waals surface area contributed by atoms with E-state index in [-0.39, 0.29) is 0 Å². The van der Waals surface area contributed by atoms with Crippen LogP contribution in [-0.4, -0.2) is 32.1 Å². The van der Waals surface area contributed by atoms with Crippen molar-refractivity contribution in [3.63, 3.8) is 0 Å². The molecule has 0 radical (unpaired) electrons. The molecule has 2 aliphatic rings. The first-order valence-corrected chi connectivity index (χ1v) is 7.18. The van der Waals surface area contributed by atoms with Gasteiger partial charge < -0.3 is 14.8 Å². The minimum atomic E-state index is 0.697. The number of anilines is 1. The lowest BCUT2D eigenvalue weighted by Gasteiger charge is -2.28. The van der Waals surface area contributed by atoms with Crippen LogP contribution in [0.15, 0.2) is 24.8 Å². The second-order valence-electron chi connectivity index (χ2n) is 5.48. The van der Waals surface area contributed by atoms with Crippen LogP contribution in [-0.2, 0) is 19.6 Å². The third-order valence-electron chi connectivity index (χ3n) is 3.89. The van der Waals surface area contributed by atoms with Crippen LogP contribution in [0.5, 0.6) is 0 Å². The zero-order valence-corrected chi connectivity index (χ0v) is 11.4. The Morgan fingerprint density at radius 2 is 2.20 bits per heavy atom. The molecule has 1 fully saturated rings. The van der Waals surface area contributed by atoms with Crippen molar-refractivity contribution in [1.82, 2.24) is 24.8 Å². The summed E-state index contributed by atoms with van der Waals surface area (Å²) in [5.41, 5.74) is 1.02. The maximum absolute atomic E-state index is 4.72. The molecule has 1 aliphatic heterocycles. The molecule has 2 aromatic rings. The SMILES string of the molecule is c1cn2c(n1)CN(c1cncc(CNC3CC3)n1)CC2. The van der Waals surface area contributed by atoms with E-state index in [4.69, 9.17) is 4.98 Å². The van der Waals surface area contributed by atoms with Gasteiger partial charge in [-0.25, -0.2) is 9.97 Å². The van der Waals surface area contributed by atoms with E-state index in [0.29, 0.717) is 6.04 Å². The van der Waals surface area contributed by atoms with Gasteiger partial charge in [0.1, 0.15) is 11.6 Å². The number of imidazole rings is 1. The van der Waals surface area contributed by atoms with E-state index in [9.17, 15) is 0 Å². The van der Waals surface area contributed by atoms with Gasteiger partial charge in [-0.05, 0) is 12.8 Å². The van der Waals surface area contributed by atoms with Crippen LogP contribution in [0.4, 0.5) is 5.82 Å². The van der Waals surface area contributed by atoms with Gasteiger partial charge in [-0.15, -0.1) is 0 Å². The highest BCUT2D eigenvalue weighted by atomic mass is 15.3. The van der Waals surface area contributed by atoms with Crippen molar-refractivity contribution in [2.45, 2.75) is 38.5 Å². The van der Waals surface area contributed by atoms with Crippen LogP contribution in [0.2, 0.25) is 0 Å². The fourth-order valence-electron chi connectivity index (χ4n) is 2.54. The van der Waals surface area contributed by atoms with Gasteiger partial charge in [0.05, 0.1) is 18.4 Å². The second-order valence-corrected chi connectivity index (χ2v) is 5.48. The van der Waals surface area contributed by atoms with Crippen LogP contribution in [0.1, 0.15) is 24.4 Å². The number of nitrogens with zero attached hydrogens (tertiary/aromatic N) is 5. The largest absolute Gasteiger partial charge is 0.346 e. The van der Waals surface area contributed by atoms with E-state index >= 15 is 0 Å². The molecule has 0 unspecified atom stereocenters. The average molecular weight is 270 g/mol. The Kier molecular flexibility index (Phi) is 2.88. The third kappa shape index (κ3) is 2.38. The molecule has 1 saturated carbocycles. The summed E-state index contributed by atoms with van der Waals surface area (Å²) in [6.07, 6.45) is 10.2. The fourth-order valence-corrected chi connectivity index (χ4v) is 2.54. The lowest BCUT2D eigenvalue weighted by Crippen LogP contribution is -2.34. The monoisotopic (exact) mass is 270 g/mol. The average Bonchev–Trinajstić information content (AvgIpc) is 3.20. The van der Waals surface area contributed by atoms with Crippen molar-refractivity contribution in [3.8, 4) is 0 Å². The first-order valence-electron chi connectivity index (χ1n) is 7.18. The number of rotatable bonds is 4. The standard InChI is InChI=1S/C14H18N6/c1-2-11(1)17-8-12-7-15-9-13(18-12)20-6-5-19-4-3-16-14(19)10-20/h3-4,7,9,11,17H,1-2,5-6,8,10H2. The second kappa shape index (κ2) is 4.86. The molecular formula is C14H18N6. The highest BCUT2D eigenvalue weighted by Crippen LogP contribution is 2.20. The molecule has 0 spiro atoms. The number of hydrogen-bond donors (Lipinski definition) is 1. The normalized spacial score (nSPS) is 18.1. The minimum absolute atomic E-state index is 0.697. The lowest BCUT2D eigenvalue weighted by atomic mass is 10.3. The summed E-state index contributed by atoms with van der Waals surface area (Å²) in [5.74, 6) is 2.05. The van der Waals surface area contributed by atoms with Crippen LogP contribution < -0.4 is 10.2 Å². The molecule has 4 rings (SSSR count). The molecule has 1 aliphatic carbocycles. The third-order valence-corrected chi connectivity index (χ3v) is 3.89. The molecule has 6 nitrogen and oxygen atoms in total. The van der Waals surface area contributed by atoms with E-state index < -0.39 is 0 Å². The summed E-state index contributed by atoms with van der Waals surface area (Å²) in [5, 5.41) is 3.48. The summed E-state index contributed by atoms with van der Waals surface area (Å²) >= 11 is 0. The Morgan fingerprint density at radius 1 is 1.25 bits per heavy atom. The highest BCUT2D eigenvalue weighted by molar-refractivity contribution is 5.37. The van der Waals surface area contributed by atoms with Crippen molar-refractivity contribution in [1.29, 1.82) is 0 Å². The number of fused-ring (bicyclic) bond motifs is 1. The Morgan fingerprint density at radius 3 is 3.10 bits per heavy atom. The van der Waals surface area contributed by atoms with Crippen LogP contribution in [0.25, 0.3) is 0 Å². The summed E-state index contributed by atoms with van der Waals surface area (Å²) < 4.78 is 2.20. The quantitative estimate of drug-likeness (QED) is 0.896. The van der Waals surface area contributed by atoms with E-state index in [1.165, 1.54) is 12.8 Å². The molecule has 6 heteroatoms. The van der Waals surface area contributed by atoms with Crippen LogP contribution in [0, 0.1) is 0 Å². The van der Waals surface area contributed by atoms with Gasteiger partial charge in [0.15, 0.2) is 0 Å². The van der Waals surface area contributed by atoms with Gasteiger partial charge in [0.2, 0.25) is 0 Å². The highest BCUT2D eigenvalue weighted by Gasteiger charge is 2.21. The zero-order chi connectivity index (χ0) is 13.4.